The number of esters is 1. The van der Waals surface area contributed by atoms with Crippen molar-refractivity contribution in [2.24, 2.45) is 17.8 Å². The number of aliphatic hydroxyl groups is 15. The van der Waals surface area contributed by atoms with E-state index in [1.807, 2.05) is 0 Å². The van der Waals surface area contributed by atoms with Crippen molar-refractivity contribution in [3.8, 4) is 0 Å². The van der Waals surface area contributed by atoms with Crippen molar-refractivity contribution in [1.82, 2.24) is 0 Å². The van der Waals surface area contributed by atoms with Crippen molar-refractivity contribution >= 4 is 5.97 Å². The average Bonchev–Trinajstić information content (AvgIpc) is 3.25. The maximum Gasteiger partial charge on any atom is 0.330 e. The summed E-state index contributed by atoms with van der Waals surface area (Å²) in [6, 6.07) is 0. The Labute approximate surface area is 363 Å². The molecule has 7 fully saturated rings. The van der Waals surface area contributed by atoms with E-state index in [0.29, 0.717) is 32.1 Å². The molecule has 7 aliphatic rings. The van der Waals surface area contributed by atoms with Crippen LogP contribution in [0.4, 0.5) is 0 Å². The third-order valence-corrected chi connectivity index (χ3v) is 14.0. The molecule has 4 aliphatic heterocycles. The molecule has 4 saturated heterocycles. The molecule has 0 radical (unpaired) electrons. The van der Waals surface area contributed by atoms with Crippen LogP contribution >= 0.6 is 0 Å². The molecule has 23 atom stereocenters. The number of fused-ring (bicyclic) bond motifs is 1. The minimum atomic E-state index is -1.89. The zero-order valence-corrected chi connectivity index (χ0v) is 34.8. The molecule has 0 amide bonds. The molecule has 63 heavy (non-hydrogen) atoms. The number of ether oxygens (including phenoxy) is 8. The van der Waals surface area contributed by atoms with Crippen LogP contribution < -0.4 is 0 Å². The van der Waals surface area contributed by atoms with Gasteiger partial charge in [-0.3, -0.25) is 0 Å². The summed E-state index contributed by atoms with van der Waals surface area (Å²) in [5, 5.41) is 139. The van der Waals surface area contributed by atoms with E-state index in [1.165, 1.54) is 6.08 Å². The third-order valence-electron chi connectivity index (χ3n) is 14.0. The average molecular weight is 912 g/mol. The molecule has 9 unspecified atom stereocenters. The zero-order chi connectivity index (χ0) is 45.3. The Morgan fingerprint density at radius 3 is 2.00 bits per heavy atom. The van der Waals surface area contributed by atoms with Gasteiger partial charge in [-0.2, -0.15) is 0 Å². The van der Waals surface area contributed by atoms with E-state index in [2.05, 4.69) is 0 Å². The highest BCUT2D eigenvalue weighted by Gasteiger charge is 2.56. The first-order valence-corrected chi connectivity index (χ1v) is 22.2. The van der Waals surface area contributed by atoms with E-state index in [4.69, 9.17) is 37.9 Å². The van der Waals surface area contributed by atoms with Gasteiger partial charge in [-0.05, 0) is 57.3 Å². The molecule has 3 aliphatic carbocycles. The van der Waals surface area contributed by atoms with Crippen molar-refractivity contribution in [2.75, 3.05) is 19.8 Å². The monoisotopic (exact) mass is 911 g/mol. The van der Waals surface area contributed by atoms with Crippen molar-refractivity contribution in [2.45, 2.75) is 199 Å². The molecule has 22 nitrogen and oxygen atoms in total. The first-order chi connectivity index (χ1) is 30.0. The summed E-state index contributed by atoms with van der Waals surface area (Å²) >= 11 is 0. The van der Waals surface area contributed by atoms with E-state index >= 15 is 0 Å². The molecule has 0 aromatic heterocycles. The predicted octanol–water partition coefficient (Wildman–Crippen LogP) is -5.56. The van der Waals surface area contributed by atoms with Gasteiger partial charge in [0.15, 0.2) is 31.1 Å². The van der Waals surface area contributed by atoms with Crippen LogP contribution in [0.15, 0.2) is 12.2 Å². The van der Waals surface area contributed by atoms with Crippen LogP contribution in [0.5, 0.6) is 0 Å². The molecule has 3 saturated carbocycles. The Hall–Kier alpha value is -1.59. The van der Waals surface area contributed by atoms with Crippen LogP contribution in [0.2, 0.25) is 0 Å². The normalized spacial score (nSPS) is 51.1. The van der Waals surface area contributed by atoms with E-state index < -0.39 is 160 Å². The molecular weight excluding hydrogens is 844 g/mol. The maximum absolute atomic E-state index is 12.5. The first-order valence-electron chi connectivity index (χ1n) is 22.2. The molecule has 22 heteroatoms. The SMILES string of the molecule is O=C(C=CC1CCC(O)CC1)OC[C@H]1O[C@@H](OC[C@H]2O[C@@H](OC3CC4C(O)CC(O)CC4[OH+]C3C3CCC(O)C(O)C3)[C@H](O[C@@H]3OC[C@@H](O)[C@H](O)[C@H]3O)[C@@H](O)[C@H]2O)[C@H](O)[C@@H](O)[C@@H]1O. The van der Waals surface area contributed by atoms with Crippen molar-refractivity contribution in [1.29, 1.82) is 0 Å². The predicted molar refractivity (Wildman–Crippen MR) is 207 cm³/mol. The zero-order valence-electron chi connectivity index (χ0n) is 34.8. The van der Waals surface area contributed by atoms with Crippen molar-refractivity contribution in [3.05, 3.63) is 12.2 Å². The largest absolute Gasteiger partial charge is 0.460 e. The Bertz CT molecular complexity index is 1490. The molecule has 4 heterocycles. The van der Waals surface area contributed by atoms with Gasteiger partial charge in [0.25, 0.3) is 0 Å². The second-order valence-corrected chi connectivity index (χ2v) is 18.5. The fourth-order valence-corrected chi connectivity index (χ4v) is 10.1. The standard InChI is InChI=1S/C41H66O22/c42-18-5-1-16(2-6-18)3-8-29(48)56-14-27-31(50)33(52)36(55)39(61-27)58-15-28-32(51)34(53)38(63-40-35(54)30(49)24(47)13-57-40)41(62-28)60-26-12-20-22(45)10-19(43)11-25(20)59-37(26)17-4-7-21(44)23(46)9-17/h3,8,16-28,30-47,49-55H,1-2,4-7,9-15H2/p+1/t16?,17?,18?,19?,20?,21?,22?,23?,24-,25?,26?,27-,28-,30+,31-,32+,33+,34+,35-,36-,37?,38-,39-,40+,41-/m1/s1. The molecule has 0 aromatic carbocycles. The fourth-order valence-electron chi connectivity index (χ4n) is 10.1. The van der Waals surface area contributed by atoms with E-state index in [-0.39, 0.29) is 50.0 Å². The summed E-state index contributed by atoms with van der Waals surface area (Å²) in [6.07, 6.45) is -22.9. The van der Waals surface area contributed by atoms with Crippen LogP contribution in [0.1, 0.15) is 64.2 Å². The van der Waals surface area contributed by atoms with Crippen molar-refractivity contribution in [3.63, 3.8) is 0 Å². The van der Waals surface area contributed by atoms with Gasteiger partial charge in [0.2, 0.25) is 0 Å². The van der Waals surface area contributed by atoms with Crippen LogP contribution in [-0.2, 0) is 38.0 Å². The number of carbonyl (C=O) groups is 1. The van der Waals surface area contributed by atoms with Gasteiger partial charge in [0, 0.05) is 24.8 Å². The third kappa shape index (κ3) is 11.6. The number of carbonyl (C=O) groups excluding carboxylic acids is 1. The van der Waals surface area contributed by atoms with Crippen LogP contribution in [0, 0.1) is 17.8 Å². The lowest BCUT2D eigenvalue weighted by Gasteiger charge is -2.49. The number of aliphatic hydroxyl groups excluding tert-OH is 13. The Morgan fingerprint density at radius 1 is 0.587 bits per heavy atom. The Kier molecular flexibility index (Phi) is 16.9. The van der Waals surface area contributed by atoms with Gasteiger partial charge in [0.05, 0.1) is 49.7 Å². The molecule has 0 aromatic rings. The summed E-state index contributed by atoms with van der Waals surface area (Å²) in [7, 11) is 0. The lowest BCUT2D eigenvalue weighted by molar-refractivity contribution is -0.385. The van der Waals surface area contributed by atoms with Gasteiger partial charge in [-0.25, -0.2) is 4.79 Å². The van der Waals surface area contributed by atoms with E-state index in [9.17, 15) is 71.2 Å². The van der Waals surface area contributed by atoms with Gasteiger partial charge < -0.3 is 104 Å². The molecule has 7 rings (SSSR count). The van der Waals surface area contributed by atoms with Crippen LogP contribution in [0.3, 0.4) is 0 Å². The highest BCUT2D eigenvalue weighted by molar-refractivity contribution is 5.81. The Balaban J connectivity index is 1.06. The lowest BCUT2D eigenvalue weighted by Crippen LogP contribution is -2.65. The van der Waals surface area contributed by atoms with Crippen LogP contribution in [-0.4, -0.2) is 232 Å². The maximum atomic E-state index is 12.5. The summed E-state index contributed by atoms with van der Waals surface area (Å²) in [6.45, 7) is -1.66. The summed E-state index contributed by atoms with van der Waals surface area (Å²) < 4.78 is 46.0. The van der Waals surface area contributed by atoms with Crippen LogP contribution in [0.25, 0.3) is 0 Å². The highest BCUT2D eigenvalue weighted by atomic mass is 16.8. The summed E-state index contributed by atoms with van der Waals surface area (Å²) in [5.41, 5.74) is 0. The van der Waals surface area contributed by atoms with Gasteiger partial charge in [-0.15, -0.1) is 0 Å². The molecular formula is C41H67O22+. The van der Waals surface area contributed by atoms with Crippen molar-refractivity contribution < 1.29 is 109 Å². The second kappa shape index (κ2) is 21.6. The number of allylic oxidation sites excluding steroid dienone is 1. The first kappa shape index (κ1) is 49.3. The minimum absolute atomic E-state index is 0.0798. The second-order valence-electron chi connectivity index (χ2n) is 18.5. The summed E-state index contributed by atoms with van der Waals surface area (Å²) in [5.74, 6) is -1.49. The number of rotatable bonds is 12. The summed E-state index contributed by atoms with van der Waals surface area (Å²) in [4.78, 5) is 12.5. The van der Waals surface area contributed by atoms with E-state index in [0.717, 1.165) is 0 Å². The highest BCUT2D eigenvalue weighted by Crippen LogP contribution is 2.43. The fraction of sp³-hybridized carbons (Fsp3) is 0.927. The topological polar surface area (TPSA) is 357 Å². The smallest absolute Gasteiger partial charge is 0.330 e. The minimum Gasteiger partial charge on any atom is -0.460 e. The van der Waals surface area contributed by atoms with Gasteiger partial charge in [-0.1, -0.05) is 6.08 Å². The Morgan fingerprint density at radius 2 is 1.27 bits per heavy atom. The molecule has 0 spiro atoms. The van der Waals surface area contributed by atoms with Gasteiger partial charge in [0.1, 0.15) is 79.9 Å². The van der Waals surface area contributed by atoms with Gasteiger partial charge >= 0.3 is 5.97 Å². The molecule has 362 valence electrons. The molecule has 0 bridgehead atoms. The quantitative estimate of drug-likeness (QED) is 0.0493. The number of hydrogen-bond acceptors (Lipinski definition) is 21. The van der Waals surface area contributed by atoms with E-state index in [1.54, 1.807) is 6.08 Å². The number of hydrogen-bond donors (Lipinski definition) is 13. The lowest BCUT2D eigenvalue weighted by atomic mass is 9.72. The molecule has 14 N–H and O–H groups in total.